The molecule has 0 saturated carbocycles. The van der Waals surface area contributed by atoms with Crippen molar-refractivity contribution in [1.82, 2.24) is 10.6 Å². The second kappa shape index (κ2) is 16.4. The van der Waals surface area contributed by atoms with Crippen molar-refractivity contribution < 1.29 is 9.90 Å². The third-order valence-corrected chi connectivity index (χ3v) is 3.43. The van der Waals surface area contributed by atoms with Gasteiger partial charge in [-0.05, 0) is 25.8 Å². The number of amides is 1. The van der Waals surface area contributed by atoms with Crippen LogP contribution >= 0.6 is 0 Å². The highest BCUT2D eigenvalue weighted by molar-refractivity contribution is 5.75. The number of carbonyl (C=O) groups excluding carboxylic acids is 1. The number of nitrogens with one attached hydrogen (secondary N) is 2. The summed E-state index contributed by atoms with van der Waals surface area (Å²) in [6.45, 7) is 4.06. The van der Waals surface area contributed by atoms with Gasteiger partial charge in [0.05, 0.1) is 6.67 Å². The molecule has 0 fully saturated rings. The van der Waals surface area contributed by atoms with Crippen molar-refractivity contribution >= 4 is 5.91 Å². The molecule has 0 unspecified atom stereocenters. The molecule has 0 aliphatic carbocycles. The Labute approximate surface area is 124 Å². The van der Waals surface area contributed by atoms with Gasteiger partial charge in [0, 0.05) is 13.0 Å². The zero-order valence-corrected chi connectivity index (χ0v) is 13.3. The summed E-state index contributed by atoms with van der Waals surface area (Å²) in [5.74, 6) is 0.164. The van der Waals surface area contributed by atoms with E-state index in [0.717, 1.165) is 38.6 Å². The first-order chi connectivity index (χ1) is 9.81. The van der Waals surface area contributed by atoms with Gasteiger partial charge < -0.3 is 10.4 Å². The molecule has 0 atom stereocenters. The van der Waals surface area contributed by atoms with Gasteiger partial charge in [-0.1, -0.05) is 51.9 Å². The number of unbranched alkanes of at least 4 members (excludes halogenated alkanes) is 8. The van der Waals surface area contributed by atoms with E-state index >= 15 is 0 Å². The summed E-state index contributed by atoms with van der Waals surface area (Å²) < 4.78 is 0. The van der Waals surface area contributed by atoms with Gasteiger partial charge in [0.2, 0.25) is 5.91 Å². The Bertz CT molecular complexity index is 211. The fourth-order valence-corrected chi connectivity index (χ4v) is 2.12. The summed E-state index contributed by atoms with van der Waals surface area (Å²) in [6, 6.07) is 0. The van der Waals surface area contributed by atoms with Crippen molar-refractivity contribution in [3.8, 4) is 0 Å². The summed E-state index contributed by atoms with van der Waals surface area (Å²) in [4.78, 5) is 11.5. The molecule has 0 aromatic carbocycles. The molecule has 0 heterocycles. The van der Waals surface area contributed by atoms with E-state index in [1.807, 2.05) is 0 Å². The quantitative estimate of drug-likeness (QED) is 0.320. The van der Waals surface area contributed by atoms with Crippen molar-refractivity contribution in [2.24, 2.45) is 0 Å². The number of hydrogen-bond donors (Lipinski definition) is 3. The van der Waals surface area contributed by atoms with Crippen molar-refractivity contribution in [3.63, 3.8) is 0 Å². The lowest BCUT2D eigenvalue weighted by molar-refractivity contribution is -0.121. The smallest absolute Gasteiger partial charge is 0.220 e. The molecule has 0 aromatic rings. The molecule has 120 valence electrons. The molecule has 4 heteroatoms. The Balaban J connectivity index is 3.09. The number of rotatable bonds is 15. The van der Waals surface area contributed by atoms with Crippen molar-refractivity contribution in [1.29, 1.82) is 0 Å². The third-order valence-electron chi connectivity index (χ3n) is 3.43. The number of hydrogen-bond acceptors (Lipinski definition) is 3. The van der Waals surface area contributed by atoms with E-state index in [1.165, 1.54) is 32.1 Å². The molecule has 4 nitrogen and oxygen atoms in total. The monoisotopic (exact) mass is 286 g/mol. The zero-order chi connectivity index (χ0) is 14.9. The lowest BCUT2D eigenvalue weighted by Crippen LogP contribution is -2.34. The van der Waals surface area contributed by atoms with Crippen LogP contribution < -0.4 is 10.6 Å². The summed E-state index contributed by atoms with van der Waals surface area (Å²) in [7, 11) is 0. The molecule has 20 heavy (non-hydrogen) atoms. The van der Waals surface area contributed by atoms with Crippen molar-refractivity contribution in [3.05, 3.63) is 0 Å². The molecule has 0 aliphatic rings. The predicted octanol–water partition coefficient (Wildman–Crippen LogP) is 2.95. The Morgan fingerprint density at radius 3 is 2.25 bits per heavy atom. The molecule has 0 aliphatic heterocycles. The van der Waals surface area contributed by atoms with Crippen molar-refractivity contribution in [2.45, 2.75) is 77.6 Å². The van der Waals surface area contributed by atoms with Crippen LogP contribution in [0.2, 0.25) is 0 Å². The number of carbonyl (C=O) groups is 1. The fraction of sp³-hybridized carbons (Fsp3) is 0.938. The predicted molar refractivity (Wildman–Crippen MR) is 84.6 cm³/mol. The minimum absolute atomic E-state index is 0.164. The Morgan fingerprint density at radius 1 is 0.900 bits per heavy atom. The van der Waals surface area contributed by atoms with Crippen LogP contribution in [0.4, 0.5) is 0 Å². The first-order valence-electron chi connectivity index (χ1n) is 8.39. The average Bonchev–Trinajstić information content (AvgIpc) is 2.45. The summed E-state index contributed by atoms with van der Waals surface area (Å²) in [5, 5.41) is 14.8. The van der Waals surface area contributed by atoms with Crippen LogP contribution in [0.5, 0.6) is 0 Å². The van der Waals surface area contributed by atoms with E-state index in [0.29, 0.717) is 19.7 Å². The Hall–Kier alpha value is -0.610. The molecule has 0 aromatic heterocycles. The highest BCUT2D eigenvalue weighted by atomic mass is 16.2. The largest absolute Gasteiger partial charge is 0.396 e. The summed E-state index contributed by atoms with van der Waals surface area (Å²) in [5.41, 5.74) is 0. The van der Waals surface area contributed by atoms with Crippen LogP contribution in [0.1, 0.15) is 77.6 Å². The Morgan fingerprint density at radius 2 is 1.55 bits per heavy atom. The number of aliphatic hydroxyl groups is 1. The highest BCUT2D eigenvalue weighted by Crippen LogP contribution is 2.04. The molecule has 0 spiro atoms. The van der Waals surface area contributed by atoms with Crippen LogP contribution in [-0.4, -0.2) is 30.8 Å². The van der Waals surface area contributed by atoms with Crippen LogP contribution in [-0.2, 0) is 4.79 Å². The van der Waals surface area contributed by atoms with Gasteiger partial charge in [0.25, 0.3) is 0 Å². The van der Waals surface area contributed by atoms with Crippen LogP contribution in [0.3, 0.4) is 0 Å². The van der Waals surface area contributed by atoms with E-state index in [9.17, 15) is 4.79 Å². The lowest BCUT2D eigenvalue weighted by atomic mass is 10.1. The molecule has 0 radical (unpaired) electrons. The van der Waals surface area contributed by atoms with Gasteiger partial charge in [-0.3, -0.25) is 10.1 Å². The van der Waals surface area contributed by atoms with Crippen LogP contribution in [0.15, 0.2) is 0 Å². The molecule has 0 saturated heterocycles. The molecular formula is C16H34N2O2. The molecule has 0 bridgehead atoms. The maximum Gasteiger partial charge on any atom is 0.220 e. The van der Waals surface area contributed by atoms with Gasteiger partial charge in [-0.15, -0.1) is 0 Å². The van der Waals surface area contributed by atoms with E-state index in [-0.39, 0.29) is 5.91 Å². The molecular weight excluding hydrogens is 252 g/mol. The van der Waals surface area contributed by atoms with Crippen molar-refractivity contribution in [2.75, 3.05) is 19.8 Å². The minimum Gasteiger partial charge on any atom is -0.396 e. The maximum atomic E-state index is 11.5. The van der Waals surface area contributed by atoms with E-state index in [1.54, 1.807) is 0 Å². The second-order valence-electron chi connectivity index (χ2n) is 5.43. The van der Waals surface area contributed by atoms with Gasteiger partial charge in [-0.2, -0.15) is 0 Å². The van der Waals surface area contributed by atoms with Crippen LogP contribution in [0, 0.1) is 0 Å². The zero-order valence-electron chi connectivity index (χ0n) is 13.3. The normalized spacial score (nSPS) is 10.7. The van der Waals surface area contributed by atoms with E-state index in [4.69, 9.17) is 5.11 Å². The summed E-state index contributed by atoms with van der Waals surface area (Å²) >= 11 is 0. The highest BCUT2D eigenvalue weighted by Gasteiger charge is 1.99. The second-order valence-corrected chi connectivity index (χ2v) is 5.43. The summed E-state index contributed by atoms with van der Waals surface area (Å²) in [6.07, 6.45) is 12.2. The third kappa shape index (κ3) is 15.4. The Kier molecular flexibility index (Phi) is 15.9. The van der Waals surface area contributed by atoms with Gasteiger partial charge in [0.15, 0.2) is 0 Å². The minimum atomic E-state index is 0.164. The van der Waals surface area contributed by atoms with E-state index in [2.05, 4.69) is 17.6 Å². The fourth-order valence-electron chi connectivity index (χ4n) is 2.12. The standard InChI is InChI=1S/C16H34N2O2/c1-2-3-4-9-12-16(20)18-15-17-13-10-7-5-6-8-11-14-19/h17,19H,2-15H2,1H3,(H,18,20). The maximum absolute atomic E-state index is 11.5. The van der Waals surface area contributed by atoms with Gasteiger partial charge in [0.1, 0.15) is 0 Å². The lowest BCUT2D eigenvalue weighted by Gasteiger charge is -2.07. The molecule has 3 N–H and O–H groups in total. The van der Waals surface area contributed by atoms with E-state index < -0.39 is 0 Å². The SMILES string of the molecule is CCCCCCC(=O)NCNCCCCCCCCO. The van der Waals surface area contributed by atoms with Gasteiger partial charge >= 0.3 is 0 Å². The molecule has 1 amide bonds. The molecule has 0 rings (SSSR count). The van der Waals surface area contributed by atoms with Gasteiger partial charge in [-0.25, -0.2) is 0 Å². The first kappa shape index (κ1) is 19.4. The van der Waals surface area contributed by atoms with Crippen LogP contribution in [0.25, 0.3) is 0 Å². The average molecular weight is 286 g/mol. The topological polar surface area (TPSA) is 61.4 Å². The first-order valence-corrected chi connectivity index (χ1v) is 8.39. The number of aliphatic hydroxyl groups excluding tert-OH is 1.